The summed E-state index contributed by atoms with van der Waals surface area (Å²) >= 11 is 0. The van der Waals surface area contributed by atoms with Gasteiger partial charge in [0.1, 0.15) is 6.10 Å². The average molecular weight is 352 g/mol. The van der Waals surface area contributed by atoms with Crippen LogP contribution < -0.4 is 10.6 Å². The highest BCUT2D eigenvalue weighted by Gasteiger charge is 2.13. The molecule has 0 radical (unpaired) electrons. The predicted molar refractivity (Wildman–Crippen MR) is 100.0 cm³/mol. The van der Waals surface area contributed by atoms with Crippen molar-refractivity contribution in [3.63, 3.8) is 0 Å². The van der Waals surface area contributed by atoms with E-state index in [9.17, 15) is 9.59 Å². The molecule has 0 aliphatic rings. The van der Waals surface area contributed by atoms with E-state index in [1.807, 2.05) is 24.3 Å². The highest BCUT2D eigenvalue weighted by atomic mass is 16.5. The molecule has 1 heterocycles. The van der Waals surface area contributed by atoms with Crippen LogP contribution in [0.15, 0.2) is 48.5 Å². The molecule has 7 nitrogen and oxygen atoms in total. The van der Waals surface area contributed by atoms with Crippen molar-refractivity contribution < 1.29 is 14.3 Å². The summed E-state index contributed by atoms with van der Waals surface area (Å²) < 4.78 is 4.98. The zero-order valence-corrected chi connectivity index (χ0v) is 14.6. The van der Waals surface area contributed by atoms with Crippen LogP contribution in [0.25, 0.3) is 10.9 Å². The number of carbonyl (C=O) groups is 2. The molecule has 0 aliphatic heterocycles. The third-order valence-corrected chi connectivity index (χ3v) is 4.01. The maximum absolute atomic E-state index is 12.3. The zero-order chi connectivity index (χ0) is 18.5. The Morgan fingerprint density at radius 1 is 1.12 bits per heavy atom. The van der Waals surface area contributed by atoms with E-state index in [4.69, 9.17) is 4.74 Å². The quantitative estimate of drug-likeness (QED) is 0.635. The first-order valence-electron chi connectivity index (χ1n) is 8.22. The number of aromatic nitrogens is 2. The number of hydrogen-bond acceptors (Lipinski definition) is 4. The number of ether oxygens (including phenoxy) is 1. The molecule has 0 unspecified atom stereocenters. The second kappa shape index (κ2) is 7.79. The number of para-hydroxylation sites is 1. The SMILES string of the molecule is CO[C@H](C)C(=O)Nc1cccc(NC(=O)Cc2[nH]nc3ccccc23)c1. The summed E-state index contributed by atoms with van der Waals surface area (Å²) in [7, 11) is 1.47. The minimum Gasteiger partial charge on any atom is -0.372 e. The molecule has 0 spiro atoms. The molecule has 0 aliphatic carbocycles. The summed E-state index contributed by atoms with van der Waals surface area (Å²) in [5, 5.41) is 13.6. The van der Waals surface area contributed by atoms with E-state index in [1.165, 1.54) is 7.11 Å². The lowest BCUT2D eigenvalue weighted by Gasteiger charge is -2.11. The van der Waals surface area contributed by atoms with Crippen molar-refractivity contribution in [1.82, 2.24) is 10.2 Å². The Bertz CT molecular complexity index is 935. The van der Waals surface area contributed by atoms with Crippen LogP contribution in [0.5, 0.6) is 0 Å². The molecule has 0 fully saturated rings. The Morgan fingerprint density at radius 3 is 2.62 bits per heavy atom. The molecule has 0 bridgehead atoms. The first-order valence-corrected chi connectivity index (χ1v) is 8.22. The van der Waals surface area contributed by atoms with Gasteiger partial charge in [0.05, 0.1) is 17.6 Å². The fraction of sp³-hybridized carbons (Fsp3) is 0.211. The molecule has 0 saturated heterocycles. The van der Waals surface area contributed by atoms with Crippen LogP contribution in [0.2, 0.25) is 0 Å². The maximum Gasteiger partial charge on any atom is 0.253 e. The van der Waals surface area contributed by atoms with E-state index in [2.05, 4.69) is 20.8 Å². The van der Waals surface area contributed by atoms with Crippen molar-refractivity contribution >= 4 is 34.1 Å². The fourth-order valence-corrected chi connectivity index (χ4v) is 2.54. The second-order valence-corrected chi connectivity index (χ2v) is 5.89. The largest absolute Gasteiger partial charge is 0.372 e. The molecule has 0 saturated carbocycles. The van der Waals surface area contributed by atoms with Gasteiger partial charge in [-0.25, -0.2) is 0 Å². The van der Waals surface area contributed by atoms with E-state index in [0.29, 0.717) is 11.4 Å². The highest BCUT2D eigenvalue weighted by Crippen LogP contribution is 2.18. The number of H-pyrrole nitrogens is 1. The van der Waals surface area contributed by atoms with E-state index < -0.39 is 6.10 Å². The fourth-order valence-electron chi connectivity index (χ4n) is 2.54. The topological polar surface area (TPSA) is 96.1 Å². The lowest BCUT2D eigenvalue weighted by atomic mass is 10.1. The summed E-state index contributed by atoms with van der Waals surface area (Å²) in [5.74, 6) is -0.423. The van der Waals surface area contributed by atoms with Crippen LogP contribution in [0, 0.1) is 0 Å². The molecule has 1 atom stereocenters. The summed E-state index contributed by atoms with van der Waals surface area (Å²) in [6, 6.07) is 14.6. The van der Waals surface area contributed by atoms with Gasteiger partial charge in [-0.15, -0.1) is 0 Å². The first kappa shape index (κ1) is 17.6. The van der Waals surface area contributed by atoms with Gasteiger partial charge in [-0.05, 0) is 31.2 Å². The minimum atomic E-state index is -0.554. The Hall–Kier alpha value is -3.19. The Morgan fingerprint density at radius 2 is 1.85 bits per heavy atom. The molecule has 1 aromatic heterocycles. The molecule has 3 N–H and O–H groups in total. The number of anilines is 2. The number of aromatic amines is 1. The van der Waals surface area contributed by atoms with Gasteiger partial charge in [-0.1, -0.05) is 24.3 Å². The third-order valence-electron chi connectivity index (χ3n) is 4.01. The Balaban J connectivity index is 1.66. The molecular formula is C19H20N4O3. The summed E-state index contributed by atoms with van der Waals surface area (Å²) in [4.78, 5) is 24.2. The number of nitrogens with zero attached hydrogens (tertiary/aromatic N) is 1. The number of nitrogens with one attached hydrogen (secondary N) is 3. The van der Waals surface area contributed by atoms with Crippen molar-refractivity contribution in [3.8, 4) is 0 Å². The number of amides is 2. The Kier molecular flexibility index (Phi) is 5.28. The van der Waals surface area contributed by atoms with E-state index >= 15 is 0 Å². The van der Waals surface area contributed by atoms with Crippen LogP contribution in [0.4, 0.5) is 11.4 Å². The molecular weight excluding hydrogens is 332 g/mol. The van der Waals surface area contributed by atoms with E-state index in [1.54, 1.807) is 31.2 Å². The van der Waals surface area contributed by atoms with Gasteiger partial charge >= 0.3 is 0 Å². The van der Waals surface area contributed by atoms with Crippen molar-refractivity contribution in [1.29, 1.82) is 0 Å². The second-order valence-electron chi connectivity index (χ2n) is 5.89. The van der Waals surface area contributed by atoms with Gasteiger partial charge in [-0.2, -0.15) is 5.10 Å². The number of rotatable bonds is 6. The van der Waals surface area contributed by atoms with Crippen LogP contribution in [0.1, 0.15) is 12.6 Å². The van der Waals surface area contributed by atoms with E-state index in [0.717, 1.165) is 16.6 Å². The van der Waals surface area contributed by atoms with Crippen LogP contribution in [-0.2, 0) is 20.7 Å². The van der Waals surface area contributed by atoms with Crippen LogP contribution >= 0.6 is 0 Å². The lowest BCUT2D eigenvalue weighted by Crippen LogP contribution is -2.26. The molecule has 3 rings (SSSR count). The zero-order valence-electron chi connectivity index (χ0n) is 14.6. The van der Waals surface area contributed by atoms with Crippen molar-refractivity contribution in [2.24, 2.45) is 0 Å². The van der Waals surface area contributed by atoms with Crippen molar-refractivity contribution in [3.05, 3.63) is 54.2 Å². The smallest absolute Gasteiger partial charge is 0.253 e. The molecule has 7 heteroatoms. The van der Waals surface area contributed by atoms with Crippen molar-refractivity contribution in [2.45, 2.75) is 19.4 Å². The van der Waals surface area contributed by atoms with Gasteiger partial charge in [0.15, 0.2) is 0 Å². The number of methoxy groups -OCH3 is 1. The van der Waals surface area contributed by atoms with Gasteiger partial charge < -0.3 is 15.4 Å². The maximum atomic E-state index is 12.3. The molecule has 134 valence electrons. The monoisotopic (exact) mass is 352 g/mol. The summed E-state index contributed by atoms with van der Waals surface area (Å²) in [5.41, 5.74) is 2.77. The van der Waals surface area contributed by atoms with Crippen molar-refractivity contribution in [2.75, 3.05) is 17.7 Å². The molecule has 2 amide bonds. The summed E-state index contributed by atoms with van der Waals surface area (Å²) in [6.45, 7) is 1.66. The third kappa shape index (κ3) is 4.07. The van der Waals surface area contributed by atoms with E-state index in [-0.39, 0.29) is 18.2 Å². The van der Waals surface area contributed by atoms with Crippen LogP contribution in [-0.4, -0.2) is 35.2 Å². The highest BCUT2D eigenvalue weighted by molar-refractivity contribution is 5.97. The minimum absolute atomic E-state index is 0.173. The van der Waals surface area contributed by atoms with Gasteiger partial charge in [0.2, 0.25) is 5.91 Å². The van der Waals surface area contributed by atoms with Gasteiger partial charge in [-0.3, -0.25) is 14.7 Å². The lowest BCUT2D eigenvalue weighted by molar-refractivity contribution is -0.124. The first-order chi connectivity index (χ1) is 12.6. The predicted octanol–water partition coefficient (Wildman–Crippen LogP) is 2.72. The molecule has 26 heavy (non-hydrogen) atoms. The van der Waals surface area contributed by atoms with Crippen LogP contribution in [0.3, 0.4) is 0 Å². The number of hydrogen-bond donors (Lipinski definition) is 3. The normalized spacial score (nSPS) is 11.9. The number of fused-ring (bicyclic) bond motifs is 1. The number of carbonyl (C=O) groups excluding carboxylic acids is 2. The van der Waals surface area contributed by atoms with Gasteiger partial charge in [0.25, 0.3) is 5.91 Å². The number of benzene rings is 2. The molecule has 3 aromatic rings. The molecule has 2 aromatic carbocycles. The summed E-state index contributed by atoms with van der Waals surface area (Å²) in [6.07, 6.45) is -0.375. The standard InChI is InChI=1S/C19H20N4O3/c1-12(26-2)19(25)21-14-7-5-6-13(10-14)20-18(24)11-17-15-8-3-4-9-16(15)22-23-17/h3-10,12H,11H2,1-2H3,(H,20,24)(H,21,25)(H,22,23)/t12-/m1/s1. The Labute approximate surface area is 150 Å². The average Bonchev–Trinajstić information content (AvgIpc) is 3.04. The van der Waals surface area contributed by atoms with Gasteiger partial charge in [0, 0.05) is 23.9 Å².